The predicted octanol–water partition coefficient (Wildman–Crippen LogP) is 3.17. The summed E-state index contributed by atoms with van der Waals surface area (Å²) in [7, 11) is 0. The second kappa shape index (κ2) is 5.51. The van der Waals surface area contributed by atoms with Crippen molar-refractivity contribution in [2.45, 2.75) is 6.92 Å². The number of nitrogens with one attached hydrogen (secondary N) is 1. The molecule has 1 aromatic heterocycles. The Bertz CT molecular complexity index is 659. The van der Waals surface area contributed by atoms with Crippen LogP contribution in [-0.2, 0) is 0 Å². The highest BCUT2D eigenvalue weighted by Gasteiger charge is 2.08. The topological polar surface area (TPSA) is 65.8 Å². The van der Waals surface area contributed by atoms with Gasteiger partial charge in [-0.1, -0.05) is 17.7 Å². The summed E-state index contributed by atoms with van der Waals surface area (Å²) in [5.41, 5.74) is 1.81. The highest BCUT2D eigenvalue weighted by molar-refractivity contribution is 6.31. The van der Waals surface area contributed by atoms with Crippen molar-refractivity contribution >= 4 is 23.3 Å². The molecule has 1 aromatic carbocycles. The number of carbonyl (C=O) groups is 1. The zero-order chi connectivity index (χ0) is 13.8. The molecule has 2 aromatic rings. The third-order valence-electron chi connectivity index (χ3n) is 2.57. The molecule has 0 saturated heterocycles. The summed E-state index contributed by atoms with van der Waals surface area (Å²) in [4.78, 5) is 15.9. The van der Waals surface area contributed by atoms with Gasteiger partial charge in [0.15, 0.2) is 0 Å². The largest absolute Gasteiger partial charge is 0.307 e. The Labute approximate surface area is 115 Å². The first-order valence-electron chi connectivity index (χ1n) is 5.54. The Hall–Kier alpha value is -2.38. The summed E-state index contributed by atoms with van der Waals surface area (Å²) in [6.45, 7) is 1.87. The van der Waals surface area contributed by atoms with Crippen LogP contribution in [0.4, 0.5) is 5.82 Å². The lowest BCUT2D eigenvalue weighted by Crippen LogP contribution is -2.12. The van der Waals surface area contributed by atoms with Crippen LogP contribution in [0.2, 0.25) is 5.02 Å². The van der Waals surface area contributed by atoms with Gasteiger partial charge in [-0.3, -0.25) is 4.79 Å². The van der Waals surface area contributed by atoms with Crippen LogP contribution in [0.1, 0.15) is 21.5 Å². The van der Waals surface area contributed by atoms with E-state index in [1.54, 1.807) is 30.3 Å². The first kappa shape index (κ1) is 13.1. The normalized spacial score (nSPS) is 9.74. The molecular formula is C14H10ClN3O. The number of aromatic nitrogens is 1. The maximum absolute atomic E-state index is 12.0. The minimum atomic E-state index is -0.292. The van der Waals surface area contributed by atoms with Gasteiger partial charge in [0.2, 0.25) is 0 Å². The standard InChI is InChI=1S/C14H10ClN3O/c1-9-2-4-11(6-12(9)15)14(19)18-13-5-3-10(7-16)8-17-13/h2-6,8H,1H3,(H,17,18,19). The van der Waals surface area contributed by atoms with E-state index >= 15 is 0 Å². The molecule has 0 spiro atoms. The van der Waals surface area contributed by atoms with Crippen molar-refractivity contribution in [1.82, 2.24) is 4.98 Å². The lowest BCUT2D eigenvalue weighted by molar-refractivity contribution is 0.102. The van der Waals surface area contributed by atoms with Crippen LogP contribution in [0.3, 0.4) is 0 Å². The Morgan fingerprint density at radius 2 is 2.16 bits per heavy atom. The molecule has 0 unspecified atom stereocenters. The third-order valence-corrected chi connectivity index (χ3v) is 2.98. The van der Waals surface area contributed by atoms with E-state index in [2.05, 4.69) is 10.3 Å². The van der Waals surface area contributed by atoms with Crippen molar-refractivity contribution in [2.75, 3.05) is 5.32 Å². The molecule has 5 heteroatoms. The molecule has 1 amide bonds. The van der Waals surface area contributed by atoms with Gasteiger partial charge >= 0.3 is 0 Å². The Kier molecular flexibility index (Phi) is 3.79. The first-order valence-corrected chi connectivity index (χ1v) is 5.91. The quantitative estimate of drug-likeness (QED) is 0.912. The number of anilines is 1. The molecule has 0 aliphatic heterocycles. The Balaban J connectivity index is 2.16. The molecule has 94 valence electrons. The van der Waals surface area contributed by atoms with E-state index in [4.69, 9.17) is 16.9 Å². The number of benzene rings is 1. The fourth-order valence-electron chi connectivity index (χ4n) is 1.46. The van der Waals surface area contributed by atoms with Crippen LogP contribution in [0.15, 0.2) is 36.5 Å². The summed E-state index contributed by atoms with van der Waals surface area (Å²) in [5, 5.41) is 11.8. The molecule has 19 heavy (non-hydrogen) atoms. The van der Waals surface area contributed by atoms with E-state index in [1.165, 1.54) is 6.20 Å². The van der Waals surface area contributed by atoms with Crippen molar-refractivity contribution in [3.05, 3.63) is 58.2 Å². The van der Waals surface area contributed by atoms with Crippen LogP contribution >= 0.6 is 11.6 Å². The average molecular weight is 272 g/mol. The van der Waals surface area contributed by atoms with Crippen molar-refractivity contribution in [2.24, 2.45) is 0 Å². The van der Waals surface area contributed by atoms with Crippen molar-refractivity contribution in [1.29, 1.82) is 5.26 Å². The van der Waals surface area contributed by atoms with Gasteiger partial charge in [-0.15, -0.1) is 0 Å². The summed E-state index contributed by atoms with van der Waals surface area (Å²) in [5.74, 6) is 0.0970. The van der Waals surface area contributed by atoms with E-state index in [0.29, 0.717) is 22.0 Å². The number of nitriles is 1. The SMILES string of the molecule is Cc1ccc(C(=O)Nc2ccc(C#N)cn2)cc1Cl. The second-order valence-electron chi connectivity index (χ2n) is 3.96. The van der Waals surface area contributed by atoms with Gasteiger partial charge in [0.1, 0.15) is 11.9 Å². The number of halogens is 1. The minimum Gasteiger partial charge on any atom is -0.307 e. The zero-order valence-corrected chi connectivity index (χ0v) is 10.9. The highest BCUT2D eigenvalue weighted by atomic mass is 35.5. The number of pyridine rings is 1. The summed E-state index contributed by atoms with van der Waals surface area (Å²) < 4.78 is 0. The number of hydrogen-bond acceptors (Lipinski definition) is 3. The van der Waals surface area contributed by atoms with Gasteiger partial charge in [0, 0.05) is 16.8 Å². The zero-order valence-electron chi connectivity index (χ0n) is 10.1. The number of hydrogen-bond donors (Lipinski definition) is 1. The molecule has 0 fully saturated rings. The predicted molar refractivity (Wildman–Crippen MR) is 73.1 cm³/mol. The molecule has 2 rings (SSSR count). The molecule has 0 radical (unpaired) electrons. The van der Waals surface area contributed by atoms with Gasteiger partial charge in [-0.05, 0) is 36.8 Å². The summed E-state index contributed by atoms with van der Waals surface area (Å²) in [6, 6.07) is 10.2. The fourth-order valence-corrected chi connectivity index (χ4v) is 1.64. The van der Waals surface area contributed by atoms with Crippen LogP contribution < -0.4 is 5.32 Å². The molecule has 1 heterocycles. The molecule has 1 N–H and O–H groups in total. The van der Waals surface area contributed by atoms with Gasteiger partial charge in [0.05, 0.1) is 5.56 Å². The van der Waals surface area contributed by atoms with Crippen LogP contribution in [0, 0.1) is 18.3 Å². The summed E-state index contributed by atoms with van der Waals surface area (Å²) >= 11 is 5.97. The molecule has 0 saturated carbocycles. The van der Waals surface area contributed by atoms with E-state index in [0.717, 1.165) is 5.56 Å². The van der Waals surface area contributed by atoms with Crippen molar-refractivity contribution in [3.8, 4) is 6.07 Å². The lowest BCUT2D eigenvalue weighted by atomic mass is 10.1. The smallest absolute Gasteiger partial charge is 0.256 e. The van der Waals surface area contributed by atoms with Crippen molar-refractivity contribution in [3.63, 3.8) is 0 Å². The third kappa shape index (κ3) is 3.09. The number of aryl methyl sites for hydroxylation is 1. The number of amides is 1. The molecule has 0 bridgehead atoms. The maximum Gasteiger partial charge on any atom is 0.256 e. The molecule has 4 nitrogen and oxygen atoms in total. The summed E-state index contributed by atoms with van der Waals surface area (Å²) in [6.07, 6.45) is 1.40. The maximum atomic E-state index is 12.0. The van der Waals surface area contributed by atoms with Gasteiger partial charge < -0.3 is 5.32 Å². The van der Waals surface area contributed by atoms with E-state index in [9.17, 15) is 4.79 Å². The van der Waals surface area contributed by atoms with E-state index in [1.807, 2.05) is 13.0 Å². The lowest BCUT2D eigenvalue weighted by Gasteiger charge is -2.05. The first-order chi connectivity index (χ1) is 9.10. The van der Waals surface area contributed by atoms with E-state index in [-0.39, 0.29) is 5.91 Å². The Morgan fingerprint density at radius 1 is 1.37 bits per heavy atom. The van der Waals surface area contributed by atoms with Gasteiger partial charge in [-0.2, -0.15) is 5.26 Å². The van der Waals surface area contributed by atoms with Gasteiger partial charge in [-0.25, -0.2) is 4.98 Å². The number of nitrogens with zero attached hydrogens (tertiary/aromatic N) is 2. The second-order valence-corrected chi connectivity index (χ2v) is 4.37. The molecule has 0 aliphatic carbocycles. The fraction of sp³-hybridized carbons (Fsp3) is 0.0714. The molecular weight excluding hydrogens is 262 g/mol. The number of carbonyl (C=O) groups excluding carboxylic acids is 1. The van der Waals surface area contributed by atoms with Gasteiger partial charge in [0.25, 0.3) is 5.91 Å². The Morgan fingerprint density at radius 3 is 2.74 bits per heavy atom. The molecule has 0 aliphatic rings. The van der Waals surface area contributed by atoms with Crippen LogP contribution in [-0.4, -0.2) is 10.9 Å². The van der Waals surface area contributed by atoms with Crippen LogP contribution in [0.5, 0.6) is 0 Å². The minimum absolute atomic E-state index is 0.292. The average Bonchev–Trinajstić information content (AvgIpc) is 2.42. The van der Waals surface area contributed by atoms with Crippen molar-refractivity contribution < 1.29 is 4.79 Å². The van der Waals surface area contributed by atoms with Crippen LogP contribution in [0.25, 0.3) is 0 Å². The highest BCUT2D eigenvalue weighted by Crippen LogP contribution is 2.17. The monoisotopic (exact) mass is 271 g/mol. The number of rotatable bonds is 2. The molecule has 0 atom stereocenters. The van der Waals surface area contributed by atoms with E-state index < -0.39 is 0 Å².